The van der Waals surface area contributed by atoms with Crippen molar-refractivity contribution in [3.63, 3.8) is 0 Å². The number of nitrogens with one attached hydrogen (secondary N) is 2. The second-order valence-electron chi connectivity index (χ2n) is 7.27. The van der Waals surface area contributed by atoms with Crippen LogP contribution in [0.1, 0.15) is 22.8 Å². The van der Waals surface area contributed by atoms with Gasteiger partial charge in [0.1, 0.15) is 6.04 Å². The minimum atomic E-state index is -0.0202. The fourth-order valence-corrected chi connectivity index (χ4v) is 4.08. The van der Waals surface area contributed by atoms with Gasteiger partial charge in [0, 0.05) is 28.4 Å². The number of fused-ring (bicyclic) bond motifs is 1. The Morgan fingerprint density at radius 3 is 2.54 bits per heavy atom. The number of aromatic nitrogens is 1. The quantitative estimate of drug-likeness (QED) is 0.711. The maximum Gasteiger partial charge on any atom is 0.221 e. The summed E-state index contributed by atoms with van der Waals surface area (Å²) in [6.07, 6.45) is 1.87. The van der Waals surface area contributed by atoms with E-state index in [2.05, 4.69) is 48.0 Å². The molecular formula is C22H26N3O+. The molecule has 0 radical (unpaired) electrons. The lowest BCUT2D eigenvalue weighted by molar-refractivity contribution is -0.914. The monoisotopic (exact) mass is 348 g/mol. The van der Waals surface area contributed by atoms with E-state index in [1.54, 1.807) is 0 Å². The van der Waals surface area contributed by atoms with Gasteiger partial charge in [-0.1, -0.05) is 36.4 Å². The highest BCUT2D eigenvalue weighted by atomic mass is 16.1. The molecule has 26 heavy (non-hydrogen) atoms. The van der Waals surface area contributed by atoms with E-state index in [4.69, 9.17) is 0 Å². The summed E-state index contributed by atoms with van der Waals surface area (Å²) in [5.41, 5.74) is 4.49. The Balaban J connectivity index is 1.46. The molecule has 1 atom stereocenters. The molecule has 1 fully saturated rings. The van der Waals surface area contributed by atoms with E-state index in [0.717, 1.165) is 42.6 Å². The van der Waals surface area contributed by atoms with Crippen molar-refractivity contribution in [1.82, 2.24) is 4.98 Å². The number of carbonyl (C=O) groups excluding carboxylic acids is 1. The molecule has 3 aromatic rings. The van der Waals surface area contributed by atoms with E-state index in [1.165, 1.54) is 16.2 Å². The Morgan fingerprint density at radius 2 is 1.77 bits per heavy atom. The van der Waals surface area contributed by atoms with Crippen molar-refractivity contribution >= 4 is 22.4 Å². The summed E-state index contributed by atoms with van der Waals surface area (Å²) in [6.45, 7) is 8.20. The predicted octanol–water partition coefficient (Wildman–Crippen LogP) is 2.45. The number of ketones is 1. The van der Waals surface area contributed by atoms with Gasteiger partial charge in [-0.25, -0.2) is 0 Å². The van der Waals surface area contributed by atoms with E-state index in [1.807, 2.05) is 30.5 Å². The zero-order chi connectivity index (χ0) is 18.1. The second-order valence-corrected chi connectivity index (χ2v) is 7.27. The molecule has 0 bridgehead atoms. The summed E-state index contributed by atoms with van der Waals surface area (Å²) in [5, 5.41) is 1.03. The fourth-order valence-electron chi connectivity index (χ4n) is 4.08. The Morgan fingerprint density at radius 1 is 1.08 bits per heavy atom. The first-order valence-electron chi connectivity index (χ1n) is 9.40. The van der Waals surface area contributed by atoms with E-state index >= 15 is 0 Å². The van der Waals surface area contributed by atoms with Crippen molar-refractivity contribution in [2.75, 3.05) is 31.1 Å². The average molecular weight is 348 g/mol. The van der Waals surface area contributed by atoms with Gasteiger partial charge in [-0.3, -0.25) is 4.79 Å². The van der Waals surface area contributed by atoms with Gasteiger partial charge in [-0.15, -0.1) is 0 Å². The predicted molar refractivity (Wildman–Crippen MR) is 106 cm³/mol. The lowest BCUT2D eigenvalue weighted by atomic mass is 10.0. The number of piperazine rings is 1. The van der Waals surface area contributed by atoms with Crippen LogP contribution in [0, 0.1) is 6.92 Å². The van der Waals surface area contributed by atoms with Crippen molar-refractivity contribution in [2.45, 2.75) is 19.9 Å². The van der Waals surface area contributed by atoms with Gasteiger partial charge >= 0.3 is 0 Å². The molecule has 2 aromatic carbocycles. The highest BCUT2D eigenvalue weighted by Gasteiger charge is 2.31. The molecule has 0 amide bonds. The number of aromatic amines is 1. The maximum atomic E-state index is 13.1. The summed E-state index contributed by atoms with van der Waals surface area (Å²) in [7, 11) is 0. The van der Waals surface area contributed by atoms with E-state index in [-0.39, 0.29) is 11.8 Å². The van der Waals surface area contributed by atoms with Crippen LogP contribution in [-0.4, -0.2) is 43.0 Å². The van der Waals surface area contributed by atoms with Gasteiger partial charge in [0.25, 0.3) is 0 Å². The zero-order valence-electron chi connectivity index (χ0n) is 15.5. The second kappa shape index (κ2) is 6.96. The van der Waals surface area contributed by atoms with Gasteiger partial charge in [-0.2, -0.15) is 0 Å². The highest BCUT2D eigenvalue weighted by Crippen LogP contribution is 2.20. The molecule has 1 aromatic heterocycles. The number of carbonyl (C=O) groups is 1. The Hall–Kier alpha value is -2.59. The molecule has 4 nitrogen and oxygen atoms in total. The van der Waals surface area contributed by atoms with E-state index in [9.17, 15) is 4.79 Å². The largest absolute Gasteiger partial charge is 0.360 e. The van der Waals surface area contributed by atoms with E-state index < -0.39 is 0 Å². The number of anilines is 1. The summed E-state index contributed by atoms with van der Waals surface area (Å²) in [5.74, 6) is 0.238. The number of hydrogen-bond acceptors (Lipinski definition) is 2. The fraction of sp³-hybridized carbons (Fsp3) is 0.318. The molecule has 2 heterocycles. The van der Waals surface area contributed by atoms with E-state index in [0.29, 0.717) is 0 Å². The third kappa shape index (κ3) is 3.01. The number of quaternary nitrogens is 1. The molecule has 1 saturated heterocycles. The minimum absolute atomic E-state index is 0.0202. The molecule has 0 saturated carbocycles. The maximum absolute atomic E-state index is 13.1. The number of nitrogens with zero attached hydrogens (tertiary/aromatic N) is 1. The molecule has 1 aliphatic heterocycles. The lowest BCUT2D eigenvalue weighted by Crippen LogP contribution is -3.18. The SMILES string of the molecule is Cc1ccccc1N1CC[NH+]([C@@H](C)C(=O)c2c[nH]c3ccccc23)CC1. The molecule has 0 spiro atoms. The van der Waals surface area contributed by atoms with Crippen LogP contribution in [0.5, 0.6) is 0 Å². The molecule has 2 N–H and O–H groups in total. The number of benzene rings is 2. The van der Waals surface area contributed by atoms with Crippen LogP contribution in [0.3, 0.4) is 0 Å². The molecule has 0 unspecified atom stereocenters. The van der Waals surface area contributed by atoms with Crippen LogP contribution in [-0.2, 0) is 0 Å². The van der Waals surface area contributed by atoms with Crippen molar-refractivity contribution in [1.29, 1.82) is 0 Å². The standard InChI is InChI=1S/C22H25N3O/c1-16-7-3-6-10-21(16)25-13-11-24(12-14-25)17(2)22(26)19-15-23-20-9-5-4-8-18(19)20/h3-10,15,17,23H,11-14H2,1-2H3/p+1/t17-/m0/s1. The minimum Gasteiger partial charge on any atom is -0.360 e. The molecule has 0 aliphatic carbocycles. The number of para-hydroxylation sites is 2. The lowest BCUT2D eigenvalue weighted by Gasteiger charge is -2.36. The van der Waals surface area contributed by atoms with Crippen molar-refractivity contribution in [3.05, 3.63) is 65.9 Å². The zero-order valence-corrected chi connectivity index (χ0v) is 15.5. The summed E-state index contributed by atoms with van der Waals surface area (Å²) in [6, 6.07) is 16.6. The Kier molecular flexibility index (Phi) is 4.51. The molecule has 1 aliphatic rings. The first-order chi connectivity index (χ1) is 12.6. The van der Waals surface area contributed by atoms with Crippen LogP contribution in [0.2, 0.25) is 0 Å². The summed E-state index contributed by atoms with van der Waals surface area (Å²) in [4.78, 5) is 20.1. The van der Waals surface area contributed by atoms with Crippen LogP contribution < -0.4 is 9.80 Å². The Bertz CT molecular complexity index is 922. The Labute approximate surface area is 154 Å². The van der Waals surface area contributed by atoms with Crippen LogP contribution >= 0.6 is 0 Å². The highest BCUT2D eigenvalue weighted by molar-refractivity contribution is 6.09. The molecule has 4 heteroatoms. The van der Waals surface area contributed by atoms with Gasteiger partial charge in [0.2, 0.25) is 5.78 Å². The smallest absolute Gasteiger partial charge is 0.221 e. The van der Waals surface area contributed by atoms with Crippen LogP contribution in [0.15, 0.2) is 54.7 Å². The third-order valence-electron chi connectivity index (χ3n) is 5.72. The van der Waals surface area contributed by atoms with Gasteiger partial charge in [0.15, 0.2) is 0 Å². The van der Waals surface area contributed by atoms with Crippen LogP contribution in [0.4, 0.5) is 5.69 Å². The number of H-pyrrole nitrogens is 1. The number of rotatable bonds is 4. The number of hydrogen-bond donors (Lipinski definition) is 2. The molecule has 4 rings (SSSR count). The van der Waals surface area contributed by atoms with Crippen molar-refractivity contribution < 1.29 is 9.69 Å². The van der Waals surface area contributed by atoms with Crippen LogP contribution in [0.25, 0.3) is 10.9 Å². The normalized spacial score (nSPS) is 16.8. The number of aryl methyl sites for hydroxylation is 1. The molecule has 134 valence electrons. The van der Waals surface area contributed by atoms with Gasteiger partial charge in [-0.05, 0) is 31.5 Å². The first-order valence-corrected chi connectivity index (χ1v) is 9.40. The van der Waals surface area contributed by atoms with Crippen molar-refractivity contribution in [2.24, 2.45) is 0 Å². The van der Waals surface area contributed by atoms with Crippen molar-refractivity contribution in [3.8, 4) is 0 Å². The average Bonchev–Trinajstić information content (AvgIpc) is 3.11. The topological polar surface area (TPSA) is 40.5 Å². The summed E-state index contributed by atoms with van der Waals surface area (Å²) < 4.78 is 0. The molecular weight excluding hydrogens is 322 g/mol. The number of Topliss-reactive ketones (excluding diaryl/α,β-unsaturated/α-hetero) is 1. The first kappa shape index (κ1) is 16.9. The third-order valence-corrected chi connectivity index (χ3v) is 5.72. The summed E-state index contributed by atoms with van der Waals surface area (Å²) >= 11 is 0. The van der Waals surface area contributed by atoms with Gasteiger partial charge < -0.3 is 14.8 Å². The van der Waals surface area contributed by atoms with Gasteiger partial charge in [0.05, 0.1) is 26.2 Å².